The third-order valence-electron chi connectivity index (χ3n) is 4.43. The molecule has 1 amide bonds. The largest absolute Gasteiger partial charge is 0.483 e. The summed E-state index contributed by atoms with van der Waals surface area (Å²) in [5.41, 5.74) is 5.61. The first kappa shape index (κ1) is 20.6. The Kier molecular flexibility index (Phi) is 6.68. The van der Waals surface area contributed by atoms with Gasteiger partial charge in [0, 0.05) is 22.5 Å². The van der Waals surface area contributed by atoms with Gasteiger partial charge in [0.05, 0.1) is 5.69 Å². The van der Waals surface area contributed by atoms with Crippen LogP contribution in [-0.2, 0) is 4.79 Å². The normalized spacial score (nSPS) is 10.9. The smallest absolute Gasteiger partial charge is 0.262 e. The van der Waals surface area contributed by atoms with Crippen molar-refractivity contribution >= 4 is 35.1 Å². The molecule has 4 nitrogen and oxygen atoms in total. The van der Waals surface area contributed by atoms with Gasteiger partial charge in [0.25, 0.3) is 5.91 Å². The molecule has 0 aliphatic heterocycles. The quantitative estimate of drug-likeness (QED) is 0.508. The molecule has 0 fully saturated rings. The first-order valence-electron chi connectivity index (χ1n) is 9.31. The number of halogens is 1. The third-order valence-corrected chi connectivity index (χ3v) is 4.84. The molecule has 0 saturated heterocycles. The lowest BCUT2D eigenvalue weighted by molar-refractivity contribution is -0.118. The number of benzene rings is 3. The van der Waals surface area contributed by atoms with Crippen LogP contribution < -0.4 is 10.1 Å². The Hall–Kier alpha value is -3.11. The number of ether oxygens (including phenoxy) is 1. The van der Waals surface area contributed by atoms with Gasteiger partial charge in [-0.15, -0.1) is 0 Å². The summed E-state index contributed by atoms with van der Waals surface area (Å²) in [5.74, 6) is 0.337. The number of amides is 1. The second-order valence-electron chi connectivity index (χ2n) is 6.89. The zero-order valence-electron chi connectivity index (χ0n) is 16.7. The van der Waals surface area contributed by atoms with E-state index in [0.717, 1.165) is 22.4 Å². The van der Waals surface area contributed by atoms with Gasteiger partial charge < -0.3 is 10.1 Å². The van der Waals surface area contributed by atoms with E-state index >= 15 is 0 Å². The van der Waals surface area contributed by atoms with Crippen LogP contribution in [0.1, 0.15) is 22.3 Å². The number of hydrogen-bond donors (Lipinski definition) is 1. The van der Waals surface area contributed by atoms with Crippen molar-refractivity contribution in [3.63, 3.8) is 0 Å². The van der Waals surface area contributed by atoms with E-state index in [4.69, 9.17) is 16.3 Å². The van der Waals surface area contributed by atoms with Crippen LogP contribution in [0.5, 0.6) is 5.75 Å². The number of carbonyl (C=O) groups is 1. The maximum Gasteiger partial charge on any atom is 0.262 e. The Morgan fingerprint density at radius 3 is 2.59 bits per heavy atom. The minimum absolute atomic E-state index is 0.111. The summed E-state index contributed by atoms with van der Waals surface area (Å²) >= 11 is 6.10. The molecule has 0 heterocycles. The van der Waals surface area contributed by atoms with Crippen molar-refractivity contribution in [2.24, 2.45) is 4.99 Å². The van der Waals surface area contributed by atoms with Gasteiger partial charge >= 0.3 is 0 Å². The van der Waals surface area contributed by atoms with Crippen LogP contribution in [-0.4, -0.2) is 18.7 Å². The molecule has 0 aliphatic rings. The molecule has 0 aliphatic carbocycles. The van der Waals surface area contributed by atoms with Crippen LogP contribution in [0, 0.1) is 20.8 Å². The fourth-order valence-electron chi connectivity index (χ4n) is 2.82. The van der Waals surface area contributed by atoms with E-state index in [9.17, 15) is 4.79 Å². The van der Waals surface area contributed by atoms with Crippen LogP contribution in [0.15, 0.2) is 65.7 Å². The van der Waals surface area contributed by atoms with Crippen LogP contribution >= 0.6 is 11.6 Å². The Labute approximate surface area is 176 Å². The van der Waals surface area contributed by atoms with E-state index in [2.05, 4.69) is 23.3 Å². The van der Waals surface area contributed by atoms with E-state index in [1.54, 1.807) is 12.3 Å². The molecule has 0 bridgehead atoms. The SMILES string of the molecule is Cc1ccc(N=Cc2ccccc2OCC(=O)Nc2ccc(C)c(Cl)c2)c(C)c1. The van der Waals surface area contributed by atoms with Crippen molar-refractivity contribution in [3.8, 4) is 5.75 Å². The number of aryl methyl sites for hydroxylation is 3. The Bertz CT molecular complexity index is 1060. The predicted molar refractivity (Wildman–Crippen MR) is 120 cm³/mol. The molecule has 3 aromatic carbocycles. The number of anilines is 1. The lowest BCUT2D eigenvalue weighted by atomic mass is 10.1. The summed E-state index contributed by atoms with van der Waals surface area (Å²) in [6.07, 6.45) is 1.75. The molecule has 0 radical (unpaired) electrons. The van der Waals surface area contributed by atoms with E-state index in [1.165, 1.54) is 5.56 Å². The third kappa shape index (κ3) is 5.69. The van der Waals surface area contributed by atoms with Crippen molar-refractivity contribution in [2.45, 2.75) is 20.8 Å². The van der Waals surface area contributed by atoms with Crippen LogP contribution in [0.4, 0.5) is 11.4 Å². The number of carbonyl (C=O) groups excluding carboxylic acids is 1. The Balaban J connectivity index is 1.66. The Morgan fingerprint density at radius 2 is 1.83 bits per heavy atom. The standard InChI is InChI=1S/C24H23ClN2O2/c1-16-8-11-22(18(3)12-16)26-14-19-6-4-5-7-23(19)29-15-24(28)27-20-10-9-17(2)21(25)13-20/h4-14H,15H2,1-3H3,(H,27,28). The predicted octanol–water partition coefficient (Wildman–Crippen LogP) is 6.03. The lowest BCUT2D eigenvalue weighted by Gasteiger charge is -2.10. The second-order valence-corrected chi connectivity index (χ2v) is 7.29. The molecule has 3 rings (SSSR count). The number of para-hydroxylation sites is 1. The highest BCUT2D eigenvalue weighted by molar-refractivity contribution is 6.31. The molecule has 1 N–H and O–H groups in total. The van der Waals surface area contributed by atoms with Gasteiger partial charge in [-0.25, -0.2) is 0 Å². The number of nitrogens with one attached hydrogen (secondary N) is 1. The number of hydrogen-bond acceptors (Lipinski definition) is 3. The average molecular weight is 407 g/mol. The van der Waals surface area contributed by atoms with Crippen molar-refractivity contribution in [1.82, 2.24) is 0 Å². The van der Waals surface area contributed by atoms with Gasteiger partial charge in [-0.1, -0.05) is 47.5 Å². The summed E-state index contributed by atoms with van der Waals surface area (Å²) in [4.78, 5) is 16.8. The fraction of sp³-hybridized carbons (Fsp3) is 0.167. The highest BCUT2D eigenvalue weighted by atomic mass is 35.5. The van der Waals surface area contributed by atoms with Crippen molar-refractivity contribution in [3.05, 3.63) is 87.9 Å². The minimum atomic E-state index is -0.258. The number of rotatable bonds is 6. The van der Waals surface area contributed by atoms with Gasteiger partial charge in [-0.05, 0) is 62.2 Å². The molecule has 29 heavy (non-hydrogen) atoms. The van der Waals surface area contributed by atoms with Gasteiger partial charge in [-0.2, -0.15) is 0 Å². The maximum absolute atomic E-state index is 12.2. The highest BCUT2D eigenvalue weighted by Gasteiger charge is 2.07. The van der Waals surface area contributed by atoms with Gasteiger partial charge in [0.1, 0.15) is 5.75 Å². The molecule has 5 heteroatoms. The molecule has 0 unspecified atom stereocenters. The first-order chi connectivity index (χ1) is 13.9. The van der Waals surface area contributed by atoms with Crippen LogP contribution in [0.2, 0.25) is 5.02 Å². The van der Waals surface area contributed by atoms with Crippen LogP contribution in [0.25, 0.3) is 0 Å². The second kappa shape index (κ2) is 9.39. The maximum atomic E-state index is 12.2. The van der Waals surface area contributed by atoms with Crippen LogP contribution in [0.3, 0.4) is 0 Å². The average Bonchev–Trinajstić information content (AvgIpc) is 2.69. The Morgan fingerprint density at radius 1 is 1.03 bits per heavy atom. The zero-order valence-corrected chi connectivity index (χ0v) is 17.5. The lowest BCUT2D eigenvalue weighted by Crippen LogP contribution is -2.20. The van der Waals surface area contributed by atoms with E-state index in [1.807, 2.05) is 62.4 Å². The minimum Gasteiger partial charge on any atom is -0.483 e. The monoisotopic (exact) mass is 406 g/mol. The summed E-state index contributed by atoms with van der Waals surface area (Å²) in [6, 6.07) is 19.0. The summed E-state index contributed by atoms with van der Waals surface area (Å²) < 4.78 is 5.73. The fourth-order valence-corrected chi connectivity index (χ4v) is 3.00. The molecule has 3 aromatic rings. The molecular formula is C24H23ClN2O2. The number of nitrogens with zero attached hydrogens (tertiary/aromatic N) is 1. The summed E-state index contributed by atoms with van der Waals surface area (Å²) in [5, 5.41) is 3.40. The summed E-state index contributed by atoms with van der Waals surface area (Å²) in [6.45, 7) is 5.89. The van der Waals surface area contributed by atoms with Crippen molar-refractivity contribution in [2.75, 3.05) is 11.9 Å². The molecule has 0 atom stereocenters. The molecule has 0 saturated carbocycles. The summed E-state index contributed by atoms with van der Waals surface area (Å²) in [7, 11) is 0. The highest BCUT2D eigenvalue weighted by Crippen LogP contribution is 2.22. The van der Waals surface area contributed by atoms with E-state index in [-0.39, 0.29) is 12.5 Å². The van der Waals surface area contributed by atoms with Gasteiger partial charge in [0.2, 0.25) is 0 Å². The molecular weight excluding hydrogens is 384 g/mol. The first-order valence-corrected chi connectivity index (χ1v) is 9.69. The van der Waals surface area contributed by atoms with Crippen molar-refractivity contribution in [1.29, 1.82) is 0 Å². The van der Waals surface area contributed by atoms with Gasteiger partial charge in [-0.3, -0.25) is 9.79 Å². The van der Waals surface area contributed by atoms with E-state index < -0.39 is 0 Å². The molecule has 0 aromatic heterocycles. The van der Waals surface area contributed by atoms with Gasteiger partial charge in [0.15, 0.2) is 6.61 Å². The molecule has 0 spiro atoms. The molecule has 148 valence electrons. The topological polar surface area (TPSA) is 50.7 Å². The number of aliphatic imine (C=N–C) groups is 1. The van der Waals surface area contributed by atoms with E-state index in [0.29, 0.717) is 16.5 Å². The van der Waals surface area contributed by atoms with Crippen molar-refractivity contribution < 1.29 is 9.53 Å². The zero-order chi connectivity index (χ0) is 20.8.